The van der Waals surface area contributed by atoms with Gasteiger partial charge < -0.3 is 16.8 Å². The summed E-state index contributed by atoms with van der Waals surface area (Å²) in [6, 6.07) is 6.07. The van der Waals surface area contributed by atoms with Gasteiger partial charge in [0.1, 0.15) is 22.4 Å². The van der Waals surface area contributed by atoms with Crippen molar-refractivity contribution >= 4 is 27.3 Å². The fourth-order valence-electron chi connectivity index (χ4n) is 3.53. The predicted molar refractivity (Wildman–Crippen MR) is 126 cm³/mol. The Hall–Kier alpha value is -3.45. The highest BCUT2D eigenvalue weighted by atomic mass is 32.2. The molecule has 0 saturated carbocycles. The summed E-state index contributed by atoms with van der Waals surface area (Å²) in [5.41, 5.74) is 11.7. The van der Waals surface area contributed by atoms with E-state index in [0.29, 0.717) is 28.5 Å². The molecule has 0 aliphatic carbocycles. The molecule has 9 nitrogen and oxygen atoms in total. The van der Waals surface area contributed by atoms with Crippen molar-refractivity contribution in [1.29, 1.82) is 0 Å². The summed E-state index contributed by atoms with van der Waals surface area (Å²) in [5.74, 6) is 0.941. The zero-order valence-corrected chi connectivity index (χ0v) is 20.2. The van der Waals surface area contributed by atoms with Gasteiger partial charge in [-0.05, 0) is 42.8 Å². The molecule has 0 atom stereocenters. The van der Waals surface area contributed by atoms with Crippen LogP contribution in [0, 0.1) is 6.92 Å². The van der Waals surface area contributed by atoms with E-state index in [-0.39, 0.29) is 36.0 Å². The standard InChI is InChI=1S/C20H20F3N7O2S.C2H6/c1-11-28-17-10-30(33(31,32)15-2-3-18(25)26-8-15)9-16(17)19(29-11)27-7-12-4-13(20(21,22)23)6-14(24)5-12;1-2/h2-6,8H,7,9-10,24H2,1H3,(H2,25,26)(H,27,28,29);1-2H3. The van der Waals surface area contributed by atoms with E-state index in [2.05, 4.69) is 20.3 Å². The van der Waals surface area contributed by atoms with E-state index in [4.69, 9.17) is 11.5 Å². The number of aromatic nitrogens is 3. The Morgan fingerprint density at radius 2 is 1.80 bits per heavy atom. The lowest BCUT2D eigenvalue weighted by molar-refractivity contribution is -0.137. The number of nitrogens with two attached hydrogens (primary N) is 2. The maximum absolute atomic E-state index is 13.1. The van der Waals surface area contributed by atoms with E-state index in [1.807, 2.05) is 13.8 Å². The molecule has 0 saturated heterocycles. The highest BCUT2D eigenvalue weighted by molar-refractivity contribution is 7.89. The number of halogens is 3. The van der Waals surface area contributed by atoms with Gasteiger partial charge in [0.2, 0.25) is 10.0 Å². The normalized spacial score (nSPS) is 13.7. The van der Waals surface area contributed by atoms with Crippen LogP contribution in [-0.4, -0.2) is 27.7 Å². The number of nitrogens with zero attached hydrogens (tertiary/aromatic N) is 4. The largest absolute Gasteiger partial charge is 0.416 e. The van der Waals surface area contributed by atoms with Crippen LogP contribution in [0.2, 0.25) is 0 Å². The van der Waals surface area contributed by atoms with Crippen molar-refractivity contribution in [3.63, 3.8) is 0 Å². The predicted octanol–water partition coefficient (Wildman–Crippen LogP) is 3.71. The summed E-state index contributed by atoms with van der Waals surface area (Å²) in [5, 5.41) is 3.00. The minimum Gasteiger partial charge on any atom is -0.399 e. The van der Waals surface area contributed by atoms with Crippen molar-refractivity contribution < 1.29 is 21.6 Å². The Morgan fingerprint density at radius 1 is 1.09 bits per heavy atom. The number of sulfonamides is 1. The Bertz CT molecular complexity index is 1310. The second-order valence-corrected chi connectivity index (χ2v) is 9.49. The van der Waals surface area contributed by atoms with E-state index < -0.39 is 21.8 Å². The average molecular weight is 510 g/mol. The van der Waals surface area contributed by atoms with Crippen molar-refractivity contribution in [3.8, 4) is 0 Å². The Morgan fingerprint density at radius 3 is 2.43 bits per heavy atom. The van der Waals surface area contributed by atoms with Crippen LogP contribution in [-0.2, 0) is 35.8 Å². The number of benzene rings is 1. The third-order valence-electron chi connectivity index (χ3n) is 5.06. The first-order chi connectivity index (χ1) is 16.4. The Balaban J connectivity index is 0.00000167. The molecule has 188 valence electrons. The summed E-state index contributed by atoms with van der Waals surface area (Å²) in [7, 11) is -3.87. The number of pyridine rings is 1. The van der Waals surface area contributed by atoms with Crippen LogP contribution in [0.15, 0.2) is 41.4 Å². The highest BCUT2D eigenvalue weighted by Gasteiger charge is 2.34. The van der Waals surface area contributed by atoms with Gasteiger partial charge in [0.25, 0.3) is 0 Å². The third kappa shape index (κ3) is 5.80. The molecule has 1 aromatic carbocycles. The molecule has 2 aromatic heterocycles. The lowest BCUT2D eigenvalue weighted by Crippen LogP contribution is -2.26. The van der Waals surface area contributed by atoms with Crippen LogP contribution < -0.4 is 16.8 Å². The van der Waals surface area contributed by atoms with E-state index >= 15 is 0 Å². The number of rotatable bonds is 5. The molecule has 1 aliphatic rings. The summed E-state index contributed by atoms with van der Waals surface area (Å²) in [4.78, 5) is 12.5. The Labute approximate surface area is 201 Å². The Kier molecular flexibility index (Phi) is 7.50. The lowest BCUT2D eigenvalue weighted by Gasteiger charge is -2.15. The first-order valence-corrected chi connectivity index (χ1v) is 12.2. The van der Waals surface area contributed by atoms with Crippen LogP contribution in [0.25, 0.3) is 0 Å². The van der Waals surface area contributed by atoms with Crippen LogP contribution in [0.3, 0.4) is 0 Å². The molecule has 0 spiro atoms. The van der Waals surface area contributed by atoms with Crippen molar-refractivity contribution in [3.05, 3.63) is 64.7 Å². The van der Waals surface area contributed by atoms with Crippen LogP contribution >= 0.6 is 0 Å². The summed E-state index contributed by atoms with van der Waals surface area (Å²) in [6.07, 6.45) is -3.34. The molecule has 0 fully saturated rings. The van der Waals surface area contributed by atoms with E-state index in [1.165, 1.54) is 28.7 Å². The van der Waals surface area contributed by atoms with Crippen LogP contribution in [0.1, 0.15) is 42.1 Å². The van der Waals surface area contributed by atoms with Gasteiger partial charge in [-0.2, -0.15) is 17.5 Å². The molecule has 13 heteroatoms. The summed E-state index contributed by atoms with van der Waals surface area (Å²) >= 11 is 0. The van der Waals surface area contributed by atoms with Crippen molar-refractivity contribution in [2.24, 2.45) is 0 Å². The third-order valence-corrected chi connectivity index (χ3v) is 6.84. The molecule has 5 N–H and O–H groups in total. The van der Waals surface area contributed by atoms with Gasteiger partial charge in [0.05, 0.1) is 17.8 Å². The first-order valence-electron chi connectivity index (χ1n) is 10.7. The smallest absolute Gasteiger partial charge is 0.399 e. The molecule has 0 amide bonds. The fraction of sp³-hybridized carbons (Fsp3) is 0.318. The number of alkyl halides is 3. The van der Waals surface area contributed by atoms with Gasteiger partial charge in [0.15, 0.2) is 0 Å². The summed E-state index contributed by atoms with van der Waals surface area (Å²) < 4.78 is 66.5. The SMILES string of the molecule is CC.Cc1nc2c(c(NCc3cc(N)cc(C(F)(F)F)c3)n1)CN(S(=O)(=O)c1ccc(N)nc1)C2. The topological polar surface area (TPSA) is 140 Å². The van der Waals surface area contributed by atoms with E-state index in [0.717, 1.165) is 12.1 Å². The molecule has 35 heavy (non-hydrogen) atoms. The van der Waals surface area contributed by atoms with Gasteiger partial charge >= 0.3 is 6.18 Å². The molecule has 0 bridgehead atoms. The number of aryl methyl sites for hydroxylation is 1. The number of hydrogen-bond donors (Lipinski definition) is 3. The summed E-state index contributed by atoms with van der Waals surface area (Å²) in [6.45, 7) is 5.67. The van der Waals surface area contributed by atoms with Crippen molar-refractivity contribution in [1.82, 2.24) is 19.3 Å². The number of fused-ring (bicyclic) bond motifs is 1. The van der Waals surface area contributed by atoms with Crippen LogP contribution in [0.5, 0.6) is 0 Å². The maximum atomic E-state index is 13.1. The number of nitrogens with one attached hydrogen (secondary N) is 1. The minimum atomic E-state index is -4.53. The van der Waals surface area contributed by atoms with Gasteiger partial charge in [-0.3, -0.25) is 0 Å². The second kappa shape index (κ2) is 10.0. The average Bonchev–Trinajstić information content (AvgIpc) is 3.23. The molecule has 0 unspecified atom stereocenters. The molecule has 0 radical (unpaired) electrons. The first kappa shape index (κ1) is 26.2. The molecule has 4 rings (SSSR count). The van der Waals surface area contributed by atoms with Gasteiger partial charge in [-0.25, -0.2) is 23.4 Å². The zero-order chi connectivity index (χ0) is 26.0. The maximum Gasteiger partial charge on any atom is 0.416 e. The van der Waals surface area contributed by atoms with Gasteiger partial charge in [-0.15, -0.1) is 0 Å². The van der Waals surface area contributed by atoms with Crippen LogP contribution in [0.4, 0.5) is 30.5 Å². The molecular formula is C22H26F3N7O2S. The van der Waals surface area contributed by atoms with Crippen molar-refractivity contribution in [2.45, 2.75) is 51.5 Å². The number of hydrogen-bond acceptors (Lipinski definition) is 8. The van der Waals surface area contributed by atoms with Crippen molar-refractivity contribution in [2.75, 3.05) is 16.8 Å². The fourth-order valence-corrected chi connectivity index (χ4v) is 4.84. The lowest BCUT2D eigenvalue weighted by atomic mass is 10.1. The molecule has 3 heterocycles. The zero-order valence-electron chi connectivity index (χ0n) is 19.4. The van der Waals surface area contributed by atoms with E-state index in [9.17, 15) is 21.6 Å². The van der Waals surface area contributed by atoms with E-state index in [1.54, 1.807) is 6.92 Å². The number of nitrogen functional groups attached to an aromatic ring is 2. The van der Waals surface area contributed by atoms with Gasteiger partial charge in [-0.1, -0.05) is 13.8 Å². The highest BCUT2D eigenvalue weighted by Crippen LogP contribution is 2.33. The quantitative estimate of drug-likeness (QED) is 0.442. The molecule has 1 aliphatic heterocycles. The monoisotopic (exact) mass is 509 g/mol. The van der Waals surface area contributed by atoms with Gasteiger partial charge in [0, 0.05) is 30.5 Å². The second-order valence-electron chi connectivity index (χ2n) is 7.55. The number of anilines is 3. The molecular weight excluding hydrogens is 483 g/mol. The minimum absolute atomic E-state index is 0.00458. The molecule has 3 aromatic rings.